The summed E-state index contributed by atoms with van der Waals surface area (Å²) in [6, 6.07) is -0.629. The summed E-state index contributed by atoms with van der Waals surface area (Å²) in [6.07, 6.45) is -4.40. The Labute approximate surface area is 77.1 Å². The van der Waals surface area contributed by atoms with Gasteiger partial charge in [0, 0.05) is 0 Å². The van der Waals surface area contributed by atoms with Crippen molar-refractivity contribution in [2.75, 3.05) is 7.11 Å². The Bertz CT molecular complexity index is 284. The predicted molar refractivity (Wildman–Crippen MR) is 43.9 cm³/mol. The lowest BCUT2D eigenvalue weighted by Gasteiger charge is -2.13. The first-order chi connectivity index (χ1) is 5.95. The van der Waals surface area contributed by atoms with Crippen LogP contribution in [0.1, 0.15) is 11.6 Å². The molecule has 1 atom stereocenters. The van der Waals surface area contributed by atoms with Crippen LogP contribution in [0, 0.1) is 0 Å². The van der Waals surface area contributed by atoms with E-state index in [9.17, 15) is 13.2 Å². The van der Waals surface area contributed by atoms with Crippen LogP contribution in [0.25, 0.3) is 0 Å². The summed E-state index contributed by atoms with van der Waals surface area (Å²) in [7, 11) is 1.40. The van der Waals surface area contributed by atoms with E-state index < -0.39 is 12.2 Å². The number of ether oxygens (including phenoxy) is 1. The summed E-state index contributed by atoms with van der Waals surface area (Å²) in [5.74, 6) is 0. The molecule has 1 aromatic rings. The Morgan fingerprint density at radius 1 is 1.54 bits per heavy atom. The largest absolute Gasteiger partial charge is 0.487 e. The Morgan fingerprint density at radius 3 is 2.54 bits per heavy atom. The maximum atomic E-state index is 12.1. The number of nitrogens with two attached hydrogens (primary N) is 1. The van der Waals surface area contributed by atoms with Crippen LogP contribution in [0.4, 0.5) is 13.2 Å². The van der Waals surface area contributed by atoms with E-state index in [1.807, 2.05) is 0 Å². The molecule has 6 heteroatoms. The van der Waals surface area contributed by atoms with E-state index in [4.69, 9.17) is 10.5 Å². The third kappa shape index (κ3) is 2.35. The zero-order chi connectivity index (χ0) is 10.1. The minimum atomic E-state index is -4.40. The van der Waals surface area contributed by atoms with E-state index in [0.29, 0.717) is 5.06 Å². The van der Waals surface area contributed by atoms with Gasteiger partial charge in [0.15, 0.2) is 5.06 Å². The van der Waals surface area contributed by atoms with Crippen molar-refractivity contribution in [3.63, 3.8) is 0 Å². The zero-order valence-corrected chi connectivity index (χ0v) is 7.58. The van der Waals surface area contributed by atoms with E-state index in [2.05, 4.69) is 0 Å². The first-order valence-corrected chi connectivity index (χ1v) is 4.28. The minimum Gasteiger partial charge on any atom is -0.487 e. The quantitative estimate of drug-likeness (QED) is 0.814. The SMILES string of the molecule is COc1cc([C@@H](N)C(F)(F)F)cs1. The fraction of sp³-hybridized carbons (Fsp3) is 0.429. The van der Waals surface area contributed by atoms with Gasteiger partial charge in [-0.05, 0) is 17.0 Å². The second-order valence-corrected chi connectivity index (χ2v) is 3.30. The van der Waals surface area contributed by atoms with Crippen molar-refractivity contribution in [1.29, 1.82) is 0 Å². The highest BCUT2D eigenvalue weighted by Crippen LogP contribution is 2.34. The molecule has 0 bridgehead atoms. The molecule has 2 N–H and O–H groups in total. The third-order valence-electron chi connectivity index (χ3n) is 1.51. The maximum absolute atomic E-state index is 12.1. The number of rotatable bonds is 2. The number of alkyl halides is 3. The lowest BCUT2D eigenvalue weighted by molar-refractivity contribution is -0.149. The van der Waals surface area contributed by atoms with Crippen LogP contribution in [-0.4, -0.2) is 13.3 Å². The van der Waals surface area contributed by atoms with E-state index >= 15 is 0 Å². The Morgan fingerprint density at radius 2 is 2.15 bits per heavy atom. The lowest BCUT2D eigenvalue weighted by Crippen LogP contribution is -2.27. The molecular formula is C7H8F3NOS. The molecule has 0 aliphatic carbocycles. The topological polar surface area (TPSA) is 35.2 Å². The molecule has 0 saturated carbocycles. The summed E-state index contributed by atoms with van der Waals surface area (Å²) in [5.41, 5.74) is 5.00. The van der Waals surface area contributed by atoms with Gasteiger partial charge in [0.05, 0.1) is 7.11 Å². The fourth-order valence-corrected chi connectivity index (χ4v) is 1.56. The standard InChI is InChI=1S/C7H8F3NOS/c1-12-5-2-4(3-13-5)6(11)7(8,9)10/h2-3,6H,11H2,1H3/t6-/m1/s1. The number of hydrogen-bond donors (Lipinski definition) is 1. The Hall–Kier alpha value is -0.750. The van der Waals surface area contributed by atoms with Gasteiger partial charge in [-0.25, -0.2) is 0 Å². The van der Waals surface area contributed by atoms with E-state index in [1.165, 1.54) is 18.6 Å². The molecule has 2 nitrogen and oxygen atoms in total. The Balaban J connectivity index is 2.83. The van der Waals surface area contributed by atoms with Crippen LogP contribution >= 0.6 is 11.3 Å². The molecule has 0 aliphatic rings. The van der Waals surface area contributed by atoms with Crippen molar-refractivity contribution in [2.24, 2.45) is 5.73 Å². The van der Waals surface area contributed by atoms with Crippen molar-refractivity contribution >= 4 is 11.3 Å². The fourth-order valence-electron chi connectivity index (χ4n) is 0.789. The molecule has 0 aliphatic heterocycles. The summed E-state index contributed by atoms with van der Waals surface area (Å²) < 4.78 is 41.0. The highest BCUT2D eigenvalue weighted by Gasteiger charge is 2.38. The minimum absolute atomic E-state index is 0.0364. The molecule has 1 rings (SSSR count). The highest BCUT2D eigenvalue weighted by molar-refractivity contribution is 7.12. The molecule has 0 aromatic carbocycles. The molecule has 0 unspecified atom stereocenters. The maximum Gasteiger partial charge on any atom is 0.407 e. The molecule has 0 amide bonds. The molecule has 74 valence electrons. The van der Waals surface area contributed by atoms with Crippen LogP contribution in [0.2, 0.25) is 0 Å². The molecule has 0 spiro atoms. The van der Waals surface area contributed by atoms with Gasteiger partial charge in [0.1, 0.15) is 6.04 Å². The van der Waals surface area contributed by atoms with E-state index in [-0.39, 0.29) is 5.56 Å². The monoisotopic (exact) mass is 211 g/mol. The number of methoxy groups -OCH3 is 1. The average Bonchev–Trinajstić information content (AvgIpc) is 2.48. The normalized spacial score (nSPS) is 14.2. The summed E-state index contributed by atoms with van der Waals surface area (Å²) in [4.78, 5) is 0. The van der Waals surface area contributed by atoms with Crippen LogP contribution in [-0.2, 0) is 0 Å². The van der Waals surface area contributed by atoms with Crippen molar-refractivity contribution in [3.05, 3.63) is 17.0 Å². The van der Waals surface area contributed by atoms with Crippen LogP contribution in [0.5, 0.6) is 5.06 Å². The molecule has 13 heavy (non-hydrogen) atoms. The first-order valence-electron chi connectivity index (χ1n) is 3.40. The van der Waals surface area contributed by atoms with Gasteiger partial charge in [-0.15, -0.1) is 11.3 Å². The number of hydrogen-bond acceptors (Lipinski definition) is 3. The molecular weight excluding hydrogens is 203 g/mol. The summed E-state index contributed by atoms with van der Waals surface area (Å²) >= 11 is 1.09. The van der Waals surface area contributed by atoms with Crippen LogP contribution in [0.15, 0.2) is 11.4 Å². The van der Waals surface area contributed by atoms with Gasteiger partial charge < -0.3 is 10.5 Å². The second kappa shape index (κ2) is 3.55. The molecule has 0 saturated heterocycles. The van der Waals surface area contributed by atoms with Crippen LogP contribution in [0.3, 0.4) is 0 Å². The molecule has 1 aromatic heterocycles. The lowest BCUT2D eigenvalue weighted by atomic mass is 10.1. The van der Waals surface area contributed by atoms with Gasteiger partial charge in [0.25, 0.3) is 0 Å². The van der Waals surface area contributed by atoms with Gasteiger partial charge in [-0.3, -0.25) is 0 Å². The first kappa shape index (κ1) is 10.3. The predicted octanol–water partition coefficient (Wildman–Crippen LogP) is 2.32. The van der Waals surface area contributed by atoms with E-state index in [0.717, 1.165) is 11.3 Å². The van der Waals surface area contributed by atoms with Crippen molar-refractivity contribution in [3.8, 4) is 5.06 Å². The molecule has 1 heterocycles. The van der Waals surface area contributed by atoms with Gasteiger partial charge in [0.2, 0.25) is 0 Å². The second-order valence-electron chi connectivity index (χ2n) is 2.42. The molecule has 0 radical (unpaired) electrons. The van der Waals surface area contributed by atoms with Gasteiger partial charge in [-0.1, -0.05) is 0 Å². The average molecular weight is 211 g/mol. The highest BCUT2D eigenvalue weighted by atomic mass is 32.1. The third-order valence-corrected chi connectivity index (χ3v) is 2.42. The van der Waals surface area contributed by atoms with Crippen molar-refractivity contribution < 1.29 is 17.9 Å². The van der Waals surface area contributed by atoms with Crippen LogP contribution < -0.4 is 10.5 Å². The molecule has 0 fully saturated rings. The summed E-state index contributed by atoms with van der Waals surface area (Å²) in [5, 5.41) is 1.77. The zero-order valence-electron chi connectivity index (χ0n) is 6.76. The smallest absolute Gasteiger partial charge is 0.407 e. The van der Waals surface area contributed by atoms with E-state index in [1.54, 1.807) is 0 Å². The number of halogens is 3. The number of thiophene rings is 1. The summed E-state index contributed by atoms with van der Waals surface area (Å²) in [6.45, 7) is 0. The van der Waals surface area contributed by atoms with Crippen molar-refractivity contribution in [1.82, 2.24) is 0 Å². The Kier molecular flexibility index (Phi) is 2.82. The van der Waals surface area contributed by atoms with Gasteiger partial charge in [-0.2, -0.15) is 13.2 Å². The van der Waals surface area contributed by atoms with Gasteiger partial charge >= 0.3 is 6.18 Å². The van der Waals surface area contributed by atoms with Crippen molar-refractivity contribution in [2.45, 2.75) is 12.2 Å².